The molecule has 7 heteroatoms. The molecule has 2 rings (SSSR count). The summed E-state index contributed by atoms with van der Waals surface area (Å²) in [6.45, 7) is -1.84. The van der Waals surface area contributed by atoms with Gasteiger partial charge in [0.25, 0.3) is 5.91 Å². The third kappa shape index (κ3) is 4.04. The van der Waals surface area contributed by atoms with Gasteiger partial charge in [-0.05, 0) is 18.6 Å². The molecular weight excluding hydrogens is 287 g/mol. The van der Waals surface area contributed by atoms with Gasteiger partial charge in [-0.1, -0.05) is 12.1 Å². The molecule has 0 unspecified atom stereocenters. The van der Waals surface area contributed by atoms with E-state index in [0.717, 1.165) is 0 Å². The summed E-state index contributed by atoms with van der Waals surface area (Å²) < 4.78 is 40.4. The molecule has 1 aromatic rings. The van der Waals surface area contributed by atoms with Gasteiger partial charge in [-0.2, -0.15) is 13.2 Å². The maximum absolute atomic E-state index is 12.0. The first-order valence-corrected chi connectivity index (χ1v) is 6.45. The molecule has 1 aromatic carbocycles. The van der Waals surface area contributed by atoms with Crippen molar-refractivity contribution in [1.29, 1.82) is 0 Å². The van der Waals surface area contributed by atoms with E-state index < -0.39 is 25.3 Å². The number of hydrogen-bond donors (Lipinski definition) is 0. The van der Waals surface area contributed by atoms with Crippen molar-refractivity contribution in [3.8, 4) is 0 Å². The number of para-hydroxylation sites is 1. The van der Waals surface area contributed by atoms with E-state index in [2.05, 4.69) is 4.74 Å². The number of rotatable bonds is 3. The Kier molecular flexibility index (Phi) is 4.62. The van der Waals surface area contributed by atoms with Gasteiger partial charge in [0.15, 0.2) is 5.78 Å². The molecule has 0 N–H and O–H groups in total. The van der Waals surface area contributed by atoms with E-state index in [1.807, 2.05) is 0 Å². The van der Waals surface area contributed by atoms with Crippen molar-refractivity contribution >= 4 is 17.4 Å². The normalized spacial score (nSPS) is 15.6. The summed E-state index contributed by atoms with van der Waals surface area (Å²) in [6.07, 6.45) is -3.68. The number of halogens is 3. The van der Waals surface area contributed by atoms with Crippen molar-refractivity contribution in [1.82, 2.24) is 0 Å². The van der Waals surface area contributed by atoms with Crippen LogP contribution in [-0.4, -0.2) is 37.6 Å². The lowest BCUT2D eigenvalue weighted by molar-refractivity contribution is -0.175. The molecule has 1 aliphatic heterocycles. The predicted molar refractivity (Wildman–Crippen MR) is 69.2 cm³/mol. The zero-order valence-corrected chi connectivity index (χ0v) is 11.2. The Hall–Kier alpha value is -1.89. The minimum absolute atomic E-state index is 0.0721. The molecular formula is C14H14F3NO3. The highest BCUT2D eigenvalue weighted by atomic mass is 19.4. The number of hydrogen-bond acceptors (Lipinski definition) is 3. The highest BCUT2D eigenvalue weighted by Crippen LogP contribution is 2.26. The van der Waals surface area contributed by atoms with Crippen LogP contribution in [0.25, 0.3) is 0 Å². The highest BCUT2D eigenvalue weighted by molar-refractivity contribution is 6.06. The molecule has 0 aromatic heterocycles. The Labute approximate surface area is 119 Å². The van der Waals surface area contributed by atoms with Gasteiger partial charge >= 0.3 is 6.18 Å². The Morgan fingerprint density at radius 1 is 1.29 bits per heavy atom. The Bertz CT molecular complexity index is 543. The van der Waals surface area contributed by atoms with Crippen molar-refractivity contribution in [2.75, 3.05) is 24.7 Å². The first-order valence-electron chi connectivity index (χ1n) is 6.45. The number of anilines is 1. The second-order valence-corrected chi connectivity index (χ2v) is 4.70. The van der Waals surface area contributed by atoms with Crippen LogP contribution in [-0.2, 0) is 9.53 Å². The summed E-state index contributed by atoms with van der Waals surface area (Å²) in [6, 6.07) is 6.58. The number of benzene rings is 1. The quantitative estimate of drug-likeness (QED) is 0.862. The van der Waals surface area contributed by atoms with E-state index in [1.54, 1.807) is 24.3 Å². The molecule has 0 fully saturated rings. The first-order chi connectivity index (χ1) is 9.88. The molecule has 0 spiro atoms. The fourth-order valence-corrected chi connectivity index (χ4v) is 2.19. The van der Waals surface area contributed by atoms with Gasteiger partial charge in [0.2, 0.25) is 0 Å². The number of Topliss-reactive ketones (excluding diaryl/α,β-unsaturated/α-hetero) is 1. The molecule has 0 aliphatic carbocycles. The molecule has 0 saturated carbocycles. The number of nitrogens with zero attached hydrogens (tertiary/aromatic N) is 1. The van der Waals surface area contributed by atoms with Crippen LogP contribution in [0.2, 0.25) is 0 Å². The SMILES string of the molecule is O=C1CCCN(C(=O)COCC(F)(F)F)c2ccccc21. The smallest absolute Gasteiger partial charge is 0.362 e. The van der Waals surface area contributed by atoms with Crippen molar-refractivity contribution in [3.63, 3.8) is 0 Å². The van der Waals surface area contributed by atoms with Gasteiger partial charge in [-0.3, -0.25) is 9.59 Å². The van der Waals surface area contributed by atoms with Crippen molar-refractivity contribution in [2.45, 2.75) is 19.0 Å². The predicted octanol–water partition coefficient (Wildman–Crippen LogP) is 2.58. The second-order valence-electron chi connectivity index (χ2n) is 4.70. The van der Waals surface area contributed by atoms with E-state index in [9.17, 15) is 22.8 Å². The molecule has 0 radical (unpaired) electrons. The van der Waals surface area contributed by atoms with Crippen molar-refractivity contribution < 1.29 is 27.5 Å². The molecule has 114 valence electrons. The average Bonchev–Trinajstić information content (AvgIpc) is 2.57. The maximum Gasteiger partial charge on any atom is 0.411 e. The summed E-state index contributed by atoms with van der Waals surface area (Å²) in [5.74, 6) is -0.654. The van der Waals surface area contributed by atoms with Gasteiger partial charge in [0, 0.05) is 18.5 Å². The second kappa shape index (κ2) is 6.26. The summed E-state index contributed by atoms with van der Waals surface area (Å²) >= 11 is 0. The number of amides is 1. The van der Waals surface area contributed by atoms with Crippen molar-refractivity contribution in [2.24, 2.45) is 0 Å². The summed E-state index contributed by atoms with van der Waals surface area (Å²) in [7, 11) is 0. The van der Waals surface area contributed by atoms with Crippen LogP contribution in [0, 0.1) is 0 Å². The minimum Gasteiger partial charge on any atom is -0.362 e. The Balaban J connectivity index is 2.10. The van der Waals surface area contributed by atoms with Crippen LogP contribution >= 0.6 is 0 Å². The van der Waals surface area contributed by atoms with E-state index in [0.29, 0.717) is 24.1 Å². The van der Waals surface area contributed by atoms with Crippen molar-refractivity contribution in [3.05, 3.63) is 29.8 Å². The van der Waals surface area contributed by atoms with E-state index in [-0.39, 0.29) is 12.3 Å². The average molecular weight is 301 g/mol. The fraction of sp³-hybridized carbons (Fsp3) is 0.429. The van der Waals surface area contributed by atoms with Gasteiger partial charge in [-0.15, -0.1) is 0 Å². The number of alkyl halides is 3. The monoisotopic (exact) mass is 301 g/mol. The molecule has 4 nitrogen and oxygen atoms in total. The standard InChI is InChI=1S/C14H14F3NO3/c15-14(16,17)9-21-8-13(20)18-7-3-6-12(19)10-4-1-2-5-11(10)18/h1-2,4-5H,3,6-9H2. The van der Waals surface area contributed by atoms with Crippen LogP contribution in [0.4, 0.5) is 18.9 Å². The molecule has 1 amide bonds. The lowest BCUT2D eigenvalue weighted by Crippen LogP contribution is -2.35. The van der Waals surface area contributed by atoms with E-state index in [1.165, 1.54) is 4.90 Å². The number of ether oxygens (including phenoxy) is 1. The summed E-state index contributed by atoms with van der Waals surface area (Å²) in [5, 5.41) is 0. The Morgan fingerprint density at radius 2 is 2.00 bits per heavy atom. The van der Waals surface area contributed by atoms with Crippen LogP contribution in [0.5, 0.6) is 0 Å². The fourth-order valence-electron chi connectivity index (χ4n) is 2.19. The zero-order valence-electron chi connectivity index (χ0n) is 11.2. The molecule has 1 aliphatic rings. The summed E-state index contributed by atoms with van der Waals surface area (Å²) in [4.78, 5) is 25.2. The van der Waals surface area contributed by atoms with Crippen LogP contribution in [0.3, 0.4) is 0 Å². The largest absolute Gasteiger partial charge is 0.411 e. The van der Waals surface area contributed by atoms with Crippen LogP contribution in [0.1, 0.15) is 23.2 Å². The topological polar surface area (TPSA) is 46.6 Å². The van der Waals surface area contributed by atoms with Crippen LogP contribution in [0.15, 0.2) is 24.3 Å². The number of carbonyl (C=O) groups is 2. The molecule has 0 bridgehead atoms. The van der Waals surface area contributed by atoms with Gasteiger partial charge in [0.1, 0.15) is 13.2 Å². The third-order valence-electron chi connectivity index (χ3n) is 3.07. The maximum atomic E-state index is 12.0. The first kappa shape index (κ1) is 15.5. The van der Waals surface area contributed by atoms with Gasteiger partial charge < -0.3 is 9.64 Å². The molecule has 21 heavy (non-hydrogen) atoms. The molecule has 0 atom stereocenters. The highest BCUT2D eigenvalue weighted by Gasteiger charge is 2.29. The lowest BCUT2D eigenvalue weighted by atomic mass is 10.1. The van der Waals surface area contributed by atoms with Crippen LogP contribution < -0.4 is 4.90 Å². The number of ketones is 1. The van der Waals surface area contributed by atoms with E-state index in [4.69, 9.17) is 0 Å². The zero-order chi connectivity index (χ0) is 15.5. The molecule has 1 heterocycles. The van der Waals surface area contributed by atoms with E-state index >= 15 is 0 Å². The summed E-state index contributed by atoms with van der Waals surface area (Å²) in [5.41, 5.74) is 0.847. The number of fused-ring (bicyclic) bond motifs is 1. The molecule has 0 saturated heterocycles. The number of carbonyl (C=O) groups excluding carboxylic acids is 2. The lowest BCUT2D eigenvalue weighted by Gasteiger charge is -2.22. The van der Waals surface area contributed by atoms with Gasteiger partial charge in [-0.25, -0.2) is 0 Å². The minimum atomic E-state index is -4.47. The Morgan fingerprint density at radius 3 is 2.71 bits per heavy atom. The third-order valence-corrected chi connectivity index (χ3v) is 3.07. The van der Waals surface area contributed by atoms with Gasteiger partial charge in [0.05, 0.1) is 5.69 Å².